The number of aromatic nitrogens is 1. The van der Waals surface area contributed by atoms with Gasteiger partial charge < -0.3 is 5.11 Å². The molecule has 0 aliphatic carbocycles. The van der Waals surface area contributed by atoms with Gasteiger partial charge in [-0.05, 0) is 17.9 Å². The van der Waals surface area contributed by atoms with Crippen molar-refractivity contribution in [3.05, 3.63) is 18.3 Å². The first kappa shape index (κ1) is 9.85. The topological polar surface area (TPSA) is 62.2 Å². The average molecular weight is 198 g/mol. The van der Waals surface area contributed by atoms with Gasteiger partial charge in [-0.2, -0.15) is 0 Å². The fourth-order valence-electron chi connectivity index (χ4n) is 0.811. The summed E-state index contributed by atoms with van der Waals surface area (Å²) < 4.78 is 0. The number of rotatable bonds is 3. The second kappa shape index (κ2) is 4.71. The van der Waals surface area contributed by atoms with E-state index in [0.29, 0.717) is 5.69 Å². The Hall–Kier alpha value is -1.23. The number of amides is 1. The summed E-state index contributed by atoms with van der Waals surface area (Å²) in [4.78, 5) is 14.3. The third-order valence-corrected chi connectivity index (χ3v) is 2.11. The first-order valence-electron chi connectivity index (χ1n) is 3.81. The van der Waals surface area contributed by atoms with Crippen LogP contribution in [0.4, 0.5) is 10.5 Å². The van der Waals surface area contributed by atoms with Gasteiger partial charge in [-0.3, -0.25) is 5.32 Å². The molecule has 0 aliphatic rings. The molecule has 0 bridgehead atoms. The van der Waals surface area contributed by atoms with Gasteiger partial charge in [0.15, 0.2) is 0 Å². The van der Waals surface area contributed by atoms with Crippen LogP contribution in [-0.2, 0) is 0 Å². The molecule has 70 valence electrons. The number of carbonyl (C=O) groups is 1. The van der Waals surface area contributed by atoms with Crippen molar-refractivity contribution in [3.8, 4) is 0 Å². The molecule has 4 nitrogen and oxygen atoms in total. The predicted octanol–water partition coefficient (Wildman–Crippen LogP) is 2.28. The van der Waals surface area contributed by atoms with Gasteiger partial charge in [0.1, 0.15) is 0 Å². The largest absolute Gasteiger partial charge is 0.465 e. The summed E-state index contributed by atoms with van der Waals surface area (Å²) in [5, 5.41) is 11.5. The van der Waals surface area contributed by atoms with Crippen LogP contribution in [0, 0.1) is 0 Å². The molecule has 0 aliphatic heterocycles. The Morgan fingerprint density at radius 2 is 2.46 bits per heavy atom. The molecule has 1 heterocycles. The second-order valence-corrected chi connectivity index (χ2v) is 3.53. The highest BCUT2D eigenvalue weighted by atomic mass is 32.2. The van der Waals surface area contributed by atoms with Crippen LogP contribution in [0.1, 0.15) is 6.92 Å². The van der Waals surface area contributed by atoms with Crippen molar-refractivity contribution in [3.63, 3.8) is 0 Å². The monoisotopic (exact) mass is 198 g/mol. The number of thioether (sulfide) groups is 1. The maximum absolute atomic E-state index is 10.2. The van der Waals surface area contributed by atoms with Crippen LogP contribution in [-0.4, -0.2) is 21.9 Å². The highest BCUT2D eigenvalue weighted by molar-refractivity contribution is 7.99. The van der Waals surface area contributed by atoms with Crippen LogP contribution >= 0.6 is 11.8 Å². The van der Waals surface area contributed by atoms with Gasteiger partial charge in [-0.25, -0.2) is 9.78 Å². The Morgan fingerprint density at radius 1 is 1.69 bits per heavy atom. The van der Waals surface area contributed by atoms with Crippen molar-refractivity contribution in [2.75, 3.05) is 11.1 Å². The maximum atomic E-state index is 10.2. The minimum Gasteiger partial charge on any atom is -0.465 e. The molecule has 5 heteroatoms. The molecule has 1 aromatic heterocycles. The van der Waals surface area contributed by atoms with Crippen LogP contribution in [0.2, 0.25) is 0 Å². The third-order valence-electron chi connectivity index (χ3n) is 1.28. The average Bonchev–Trinajstić information content (AvgIpc) is 2.08. The highest BCUT2D eigenvalue weighted by Gasteiger charge is 1.98. The van der Waals surface area contributed by atoms with E-state index in [9.17, 15) is 4.79 Å². The van der Waals surface area contributed by atoms with E-state index in [1.54, 1.807) is 23.9 Å². The predicted molar refractivity (Wildman–Crippen MR) is 52.3 cm³/mol. The van der Waals surface area contributed by atoms with Gasteiger partial charge in [-0.1, -0.05) is 6.92 Å². The minimum atomic E-state index is -1.07. The van der Waals surface area contributed by atoms with E-state index in [1.807, 2.05) is 6.92 Å². The molecular weight excluding hydrogens is 188 g/mol. The van der Waals surface area contributed by atoms with E-state index in [2.05, 4.69) is 10.3 Å². The SMILES string of the molecule is CCSc1ccc(NC(=O)O)cn1. The molecule has 0 fully saturated rings. The zero-order chi connectivity index (χ0) is 9.68. The summed E-state index contributed by atoms with van der Waals surface area (Å²) in [5.74, 6) is 0.957. The number of hydrogen-bond acceptors (Lipinski definition) is 3. The molecule has 0 aromatic carbocycles. The molecule has 2 N–H and O–H groups in total. The Labute approximate surface area is 80.4 Å². The molecule has 1 aromatic rings. The lowest BCUT2D eigenvalue weighted by Crippen LogP contribution is -2.07. The quantitative estimate of drug-likeness (QED) is 0.731. The fraction of sp³-hybridized carbons (Fsp3) is 0.250. The minimum absolute atomic E-state index is 0.493. The van der Waals surface area contributed by atoms with E-state index >= 15 is 0 Å². The number of anilines is 1. The molecule has 0 unspecified atom stereocenters. The van der Waals surface area contributed by atoms with Crippen LogP contribution in [0.25, 0.3) is 0 Å². The summed E-state index contributed by atoms with van der Waals surface area (Å²) in [6.07, 6.45) is 0.434. The lowest BCUT2D eigenvalue weighted by atomic mass is 10.4. The Kier molecular flexibility index (Phi) is 3.57. The first-order valence-corrected chi connectivity index (χ1v) is 4.79. The normalized spacial score (nSPS) is 9.62. The van der Waals surface area contributed by atoms with Crippen LogP contribution in [0.3, 0.4) is 0 Å². The van der Waals surface area contributed by atoms with Crippen LogP contribution in [0.5, 0.6) is 0 Å². The van der Waals surface area contributed by atoms with Crippen molar-refractivity contribution in [2.24, 2.45) is 0 Å². The van der Waals surface area contributed by atoms with Crippen molar-refractivity contribution in [1.82, 2.24) is 4.98 Å². The molecule has 0 spiro atoms. The number of nitrogens with zero attached hydrogens (tertiary/aromatic N) is 1. The van der Waals surface area contributed by atoms with E-state index in [-0.39, 0.29) is 0 Å². The number of nitrogens with one attached hydrogen (secondary N) is 1. The van der Waals surface area contributed by atoms with Gasteiger partial charge >= 0.3 is 6.09 Å². The van der Waals surface area contributed by atoms with Gasteiger partial charge in [0.25, 0.3) is 0 Å². The third kappa shape index (κ3) is 3.33. The van der Waals surface area contributed by atoms with E-state index < -0.39 is 6.09 Å². The van der Waals surface area contributed by atoms with Crippen molar-refractivity contribution in [1.29, 1.82) is 0 Å². The summed E-state index contributed by atoms with van der Waals surface area (Å²) in [6.45, 7) is 2.04. The number of carboxylic acid groups (broad SMARTS) is 1. The van der Waals surface area contributed by atoms with Gasteiger partial charge in [0, 0.05) is 0 Å². The fourth-order valence-corrected chi connectivity index (χ4v) is 1.40. The summed E-state index contributed by atoms with van der Waals surface area (Å²) in [7, 11) is 0. The lowest BCUT2D eigenvalue weighted by Gasteiger charge is -2.00. The Morgan fingerprint density at radius 3 is 2.92 bits per heavy atom. The second-order valence-electron chi connectivity index (χ2n) is 2.25. The van der Waals surface area contributed by atoms with Gasteiger partial charge in [0.2, 0.25) is 0 Å². The van der Waals surface area contributed by atoms with Gasteiger partial charge in [0.05, 0.1) is 16.9 Å². The molecule has 1 rings (SSSR count). The first-order chi connectivity index (χ1) is 6.22. The zero-order valence-corrected chi connectivity index (χ0v) is 7.97. The molecular formula is C8H10N2O2S. The van der Waals surface area contributed by atoms with E-state index in [4.69, 9.17) is 5.11 Å². The standard InChI is InChI=1S/C8H10N2O2S/c1-2-13-7-4-3-6(5-9-7)10-8(11)12/h3-5,10H,2H2,1H3,(H,11,12). The number of pyridine rings is 1. The summed E-state index contributed by atoms with van der Waals surface area (Å²) in [6, 6.07) is 3.48. The van der Waals surface area contributed by atoms with Crippen molar-refractivity contribution in [2.45, 2.75) is 11.9 Å². The maximum Gasteiger partial charge on any atom is 0.409 e. The summed E-state index contributed by atoms with van der Waals surface area (Å²) in [5.41, 5.74) is 0.493. The molecule has 1 amide bonds. The van der Waals surface area contributed by atoms with Crippen LogP contribution < -0.4 is 5.32 Å². The van der Waals surface area contributed by atoms with Crippen molar-refractivity contribution >= 4 is 23.5 Å². The van der Waals surface area contributed by atoms with Crippen molar-refractivity contribution < 1.29 is 9.90 Å². The van der Waals surface area contributed by atoms with E-state index in [0.717, 1.165) is 10.8 Å². The molecule has 0 saturated heterocycles. The van der Waals surface area contributed by atoms with E-state index in [1.165, 1.54) is 6.20 Å². The molecule has 13 heavy (non-hydrogen) atoms. The lowest BCUT2D eigenvalue weighted by molar-refractivity contribution is 0.209. The number of hydrogen-bond donors (Lipinski definition) is 2. The highest BCUT2D eigenvalue weighted by Crippen LogP contribution is 2.16. The molecule has 0 saturated carbocycles. The Balaban J connectivity index is 2.64. The zero-order valence-electron chi connectivity index (χ0n) is 7.15. The van der Waals surface area contributed by atoms with Gasteiger partial charge in [-0.15, -0.1) is 11.8 Å². The molecule has 0 radical (unpaired) electrons. The van der Waals surface area contributed by atoms with Crippen LogP contribution in [0.15, 0.2) is 23.4 Å². The summed E-state index contributed by atoms with van der Waals surface area (Å²) >= 11 is 1.62. The smallest absolute Gasteiger partial charge is 0.409 e. The Bertz CT molecular complexity index is 287. The molecule has 0 atom stereocenters.